The Labute approximate surface area is 146 Å². The van der Waals surface area contributed by atoms with Gasteiger partial charge in [-0.2, -0.15) is 0 Å². The van der Waals surface area contributed by atoms with Gasteiger partial charge in [-0.25, -0.2) is 8.93 Å². The zero-order valence-corrected chi connectivity index (χ0v) is 15.5. The first-order valence-corrected chi connectivity index (χ1v) is 9.06. The molecule has 0 saturated heterocycles. The van der Waals surface area contributed by atoms with E-state index in [0.717, 1.165) is 16.8 Å². The predicted octanol–water partition coefficient (Wildman–Crippen LogP) is 4.52. The Hall–Kier alpha value is -1.36. The van der Waals surface area contributed by atoms with Crippen LogP contribution in [0.3, 0.4) is 0 Å². The molecular formula is C18H23ClN2OS. The molecule has 2 rings (SSSR count). The van der Waals surface area contributed by atoms with Gasteiger partial charge in [-0.3, -0.25) is 0 Å². The second-order valence-electron chi connectivity index (χ2n) is 6.32. The third-order valence-electron chi connectivity index (χ3n) is 3.51. The van der Waals surface area contributed by atoms with Crippen LogP contribution in [0, 0.1) is 0 Å². The van der Waals surface area contributed by atoms with Gasteiger partial charge in [0.25, 0.3) is 0 Å². The molecule has 5 heteroatoms. The second kappa shape index (κ2) is 7.47. The maximum atomic E-state index is 12.7. The van der Waals surface area contributed by atoms with E-state index in [2.05, 4.69) is 10.0 Å². The minimum absolute atomic E-state index is 0.211. The summed E-state index contributed by atoms with van der Waals surface area (Å²) in [5.41, 5.74) is 2.98. The summed E-state index contributed by atoms with van der Waals surface area (Å²) in [6.07, 6.45) is 0. The van der Waals surface area contributed by atoms with E-state index in [-0.39, 0.29) is 10.8 Å². The van der Waals surface area contributed by atoms with Crippen LogP contribution >= 0.6 is 11.6 Å². The number of rotatable bonds is 5. The fourth-order valence-corrected chi connectivity index (χ4v) is 3.25. The van der Waals surface area contributed by atoms with Crippen molar-refractivity contribution < 1.29 is 4.21 Å². The van der Waals surface area contributed by atoms with Crippen LogP contribution in [0.25, 0.3) is 0 Å². The summed E-state index contributed by atoms with van der Waals surface area (Å²) in [5.74, 6) is 0. The van der Waals surface area contributed by atoms with Crippen LogP contribution in [-0.2, 0) is 11.0 Å². The van der Waals surface area contributed by atoms with E-state index >= 15 is 0 Å². The first-order chi connectivity index (χ1) is 10.8. The standard InChI is InChI=1S/C18H23ClN2OS/c1-18(2,3)23(22)21-17(13-8-6-5-7-9-13)15-12-14(19)10-11-16(15)20-4/h5-12,17,20-21H,1-4H3/t17-,23-/m1/s1. The number of nitrogens with one attached hydrogen (secondary N) is 2. The first-order valence-electron chi connectivity index (χ1n) is 7.53. The van der Waals surface area contributed by atoms with E-state index < -0.39 is 11.0 Å². The minimum Gasteiger partial charge on any atom is -0.388 e. The van der Waals surface area contributed by atoms with Gasteiger partial charge in [0.2, 0.25) is 0 Å². The normalized spacial score (nSPS) is 14.3. The molecular weight excluding hydrogens is 328 g/mol. The minimum atomic E-state index is -1.21. The summed E-state index contributed by atoms with van der Waals surface area (Å²) < 4.78 is 15.6. The van der Waals surface area contributed by atoms with Crippen LogP contribution in [0.5, 0.6) is 0 Å². The third kappa shape index (κ3) is 4.56. The van der Waals surface area contributed by atoms with Gasteiger partial charge in [0.1, 0.15) is 0 Å². The lowest BCUT2D eigenvalue weighted by Crippen LogP contribution is -2.36. The highest BCUT2D eigenvalue weighted by Crippen LogP contribution is 2.32. The Morgan fingerprint density at radius 3 is 2.30 bits per heavy atom. The van der Waals surface area contributed by atoms with E-state index in [1.54, 1.807) is 0 Å². The Kier molecular flexibility index (Phi) is 5.84. The van der Waals surface area contributed by atoms with Gasteiger partial charge in [-0.05, 0) is 50.1 Å². The number of benzene rings is 2. The van der Waals surface area contributed by atoms with E-state index in [1.807, 2.05) is 76.3 Å². The molecule has 2 aromatic rings. The van der Waals surface area contributed by atoms with E-state index in [9.17, 15) is 4.21 Å². The molecule has 0 amide bonds. The average molecular weight is 351 g/mol. The molecule has 0 heterocycles. The quantitative estimate of drug-likeness (QED) is 0.832. The summed E-state index contributed by atoms with van der Waals surface area (Å²) in [6.45, 7) is 5.86. The van der Waals surface area contributed by atoms with Crippen molar-refractivity contribution in [1.29, 1.82) is 0 Å². The molecule has 3 nitrogen and oxygen atoms in total. The molecule has 2 atom stereocenters. The molecule has 0 radical (unpaired) electrons. The molecule has 2 N–H and O–H groups in total. The number of halogens is 1. The largest absolute Gasteiger partial charge is 0.388 e. The molecule has 0 aliphatic heterocycles. The smallest absolute Gasteiger partial charge is 0.0979 e. The Morgan fingerprint density at radius 2 is 1.74 bits per heavy atom. The van der Waals surface area contributed by atoms with Gasteiger partial charge in [-0.15, -0.1) is 0 Å². The molecule has 2 aromatic carbocycles. The van der Waals surface area contributed by atoms with Gasteiger partial charge in [0.15, 0.2) is 0 Å². The molecule has 23 heavy (non-hydrogen) atoms. The lowest BCUT2D eigenvalue weighted by Gasteiger charge is -2.26. The number of hydrogen-bond acceptors (Lipinski definition) is 2. The number of hydrogen-bond donors (Lipinski definition) is 2. The van der Waals surface area contributed by atoms with Crippen molar-refractivity contribution in [3.63, 3.8) is 0 Å². The summed E-state index contributed by atoms with van der Waals surface area (Å²) in [6, 6.07) is 15.5. The van der Waals surface area contributed by atoms with Gasteiger partial charge >= 0.3 is 0 Å². The van der Waals surface area contributed by atoms with Crippen molar-refractivity contribution in [1.82, 2.24) is 4.72 Å². The van der Waals surface area contributed by atoms with E-state index in [4.69, 9.17) is 11.6 Å². The number of anilines is 1. The summed E-state index contributed by atoms with van der Waals surface area (Å²) in [7, 11) is 0.664. The van der Waals surface area contributed by atoms with Crippen molar-refractivity contribution in [2.24, 2.45) is 0 Å². The van der Waals surface area contributed by atoms with Gasteiger partial charge < -0.3 is 5.32 Å². The topological polar surface area (TPSA) is 41.1 Å². The van der Waals surface area contributed by atoms with Crippen LogP contribution in [0.15, 0.2) is 48.5 Å². The monoisotopic (exact) mass is 350 g/mol. The first kappa shape index (κ1) is 18.0. The molecule has 0 saturated carbocycles. The molecule has 124 valence electrons. The molecule has 0 bridgehead atoms. The molecule has 0 aromatic heterocycles. The summed E-state index contributed by atoms with van der Waals surface area (Å²) in [5, 5.41) is 3.84. The molecule has 0 aliphatic carbocycles. The summed E-state index contributed by atoms with van der Waals surface area (Å²) >= 11 is 6.20. The third-order valence-corrected chi connectivity index (χ3v) is 5.31. The maximum Gasteiger partial charge on any atom is 0.0979 e. The zero-order valence-electron chi connectivity index (χ0n) is 13.9. The van der Waals surface area contributed by atoms with Crippen molar-refractivity contribution in [3.8, 4) is 0 Å². The van der Waals surface area contributed by atoms with Crippen LogP contribution in [-0.4, -0.2) is 16.0 Å². The highest BCUT2D eigenvalue weighted by Gasteiger charge is 2.26. The molecule has 0 fully saturated rings. The molecule has 0 spiro atoms. The van der Waals surface area contributed by atoms with Crippen molar-refractivity contribution in [2.45, 2.75) is 31.6 Å². The van der Waals surface area contributed by atoms with Gasteiger partial charge in [0.05, 0.1) is 21.8 Å². The fraction of sp³-hybridized carbons (Fsp3) is 0.333. The van der Waals surface area contributed by atoms with Crippen LogP contribution in [0.1, 0.15) is 37.9 Å². The summed E-state index contributed by atoms with van der Waals surface area (Å²) in [4.78, 5) is 0. The average Bonchev–Trinajstić information content (AvgIpc) is 2.52. The van der Waals surface area contributed by atoms with E-state index in [0.29, 0.717) is 5.02 Å². The van der Waals surface area contributed by atoms with Gasteiger partial charge in [-0.1, -0.05) is 41.9 Å². The maximum absolute atomic E-state index is 12.7. The lowest BCUT2D eigenvalue weighted by molar-refractivity contribution is 0.624. The van der Waals surface area contributed by atoms with Crippen LogP contribution in [0.4, 0.5) is 5.69 Å². The molecule has 0 aliphatic rings. The highest BCUT2D eigenvalue weighted by molar-refractivity contribution is 7.84. The van der Waals surface area contributed by atoms with Gasteiger partial charge in [0, 0.05) is 17.8 Å². The van der Waals surface area contributed by atoms with Crippen molar-refractivity contribution in [2.75, 3.05) is 12.4 Å². The van der Waals surface area contributed by atoms with Crippen LogP contribution in [0.2, 0.25) is 5.02 Å². The van der Waals surface area contributed by atoms with Crippen molar-refractivity contribution >= 4 is 28.3 Å². The SMILES string of the molecule is CNc1ccc(Cl)cc1[C@H](N[S@](=O)C(C)(C)C)c1ccccc1. The van der Waals surface area contributed by atoms with Crippen molar-refractivity contribution in [3.05, 3.63) is 64.7 Å². The van der Waals surface area contributed by atoms with E-state index in [1.165, 1.54) is 0 Å². The fourth-order valence-electron chi connectivity index (χ4n) is 2.24. The molecule has 0 unspecified atom stereocenters. The Balaban J connectivity index is 2.50. The Bertz CT molecular complexity index is 683. The second-order valence-corrected chi connectivity index (χ2v) is 8.76. The predicted molar refractivity (Wildman–Crippen MR) is 100 cm³/mol. The highest BCUT2D eigenvalue weighted by atomic mass is 35.5. The zero-order chi connectivity index (χ0) is 17.0. The Morgan fingerprint density at radius 1 is 1.09 bits per heavy atom. The lowest BCUT2D eigenvalue weighted by atomic mass is 9.98. The van der Waals surface area contributed by atoms with Crippen LogP contribution < -0.4 is 10.0 Å².